The van der Waals surface area contributed by atoms with E-state index in [-0.39, 0.29) is 18.7 Å². The molecule has 0 aromatic carbocycles. The third-order valence-electron chi connectivity index (χ3n) is 4.52. The molecule has 2 atom stereocenters. The van der Waals surface area contributed by atoms with E-state index in [4.69, 9.17) is 4.74 Å². The average molecular weight is 284 g/mol. The summed E-state index contributed by atoms with van der Waals surface area (Å²) in [5.74, 6) is -0.900. The van der Waals surface area contributed by atoms with E-state index in [9.17, 15) is 14.7 Å². The van der Waals surface area contributed by atoms with E-state index in [2.05, 4.69) is 0 Å². The monoisotopic (exact) mass is 284 g/mol. The molecule has 0 bridgehead atoms. The molecule has 114 valence electrons. The molecular weight excluding hydrogens is 260 g/mol. The topological polar surface area (TPSA) is 70.1 Å². The molecule has 2 rings (SSSR count). The van der Waals surface area contributed by atoms with E-state index >= 15 is 0 Å². The number of carboxylic acids is 1. The first-order valence-electron chi connectivity index (χ1n) is 7.36. The summed E-state index contributed by atoms with van der Waals surface area (Å²) < 4.78 is 5.24. The van der Waals surface area contributed by atoms with Gasteiger partial charge in [0.25, 0.3) is 0 Å². The highest BCUT2D eigenvalue weighted by Gasteiger charge is 2.39. The summed E-state index contributed by atoms with van der Waals surface area (Å²) in [6, 6.07) is -0.448. The fraction of sp³-hybridized carbons (Fsp3) is 0.857. The van der Waals surface area contributed by atoms with Crippen LogP contribution in [0.1, 0.15) is 26.2 Å². The number of carbonyl (C=O) groups is 2. The number of rotatable bonds is 5. The number of ether oxygens (including phenoxy) is 1. The lowest BCUT2D eigenvalue weighted by molar-refractivity contribution is -0.142. The van der Waals surface area contributed by atoms with Gasteiger partial charge in [-0.25, -0.2) is 4.79 Å². The van der Waals surface area contributed by atoms with Crippen molar-refractivity contribution in [1.29, 1.82) is 0 Å². The van der Waals surface area contributed by atoms with Gasteiger partial charge in [0.2, 0.25) is 0 Å². The number of likely N-dealkylation sites (N-methyl/N-ethyl adjacent to an activating group) is 1. The quantitative estimate of drug-likeness (QED) is 0.825. The van der Waals surface area contributed by atoms with Crippen molar-refractivity contribution < 1.29 is 19.4 Å². The molecule has 6 heteroatoms. The zero-order valence-corrected chi connectivity index (χ0v) is 12.2. The van der Waals surface area contributed by atoms with Crippen molar-refractivity contribution in [2.45, 2.75) is 32.2 Å². The van der Waals surface area contributed by atoms with E-state index in [1.807, 2.05) is 11.8 Å². The van der Waals surface area contributed by atoms with E-state index < -0.39 is 11.9 Å². The summed E-state index contributed by atoms with van der Waals surface area (Å²) in [5.41, 5.74) is 0. The highest BCUT2D eigenvalue weighted by Crippen LogP contribution is 2.28. The molecule has 1 heterocycles. The summed E-state index contributed by atoms with van der Waals surface area (Å²) in [6.07, 6.45) is 3.64. The van der Waals surface area contributed by atoms with E-state index in [1.165, 1.54) is 19.3 Å². The maximum atomic E-state index is 12.5. The van der Waals surface area contributed by atoms with E-state index in [0.29, 0.717) is 19.1 Å². The largest absolute Gasteiger partial charge is 0.481 e. The molecule has 20 heavy (non-hydrogen) atoms. The lowest BCUT2D eigenvalue weighted by Gasteiger charge is -2.36. The second-order valence-corrected chi connectivity index (χ2v) is 5.78. The number of carboxylic acid groups (broad SMARTS) is 1. The Labute approximate surface area is 119 Å². The molecule has 0 radical (unpaired) electrons. The molecule has 2 fully saturated rings. The van der Waals surface area contributed by atoms with Crippen LogP contribution in [-0.4, -0.2) is 66.3 Å². The average Bonchev–Trinajstić information content (AvgIpc) is 2.85. The number of carbonyl (C=O) groups excluding carboxylic acids is 1. The Balaban J connectivity index is 1.96. The Hall–Kier alpha value is -1.30. The summed E-state index contributed by atoms with van der Waals surface area (Å²) in [7, 11) is 1.68. The van der Waals surface area contributed by atoms with Crippen LogP contribution in [0, 0.1) is 11.8 Å². The van der Waals surface area contributed by atoms with Crippen molar-refractivity contribution in [1.82, 2.24) is 9.80 Å². The van der Waals surface area contributed by atoms with Crippen LogP contribution in [0.15, 0.2) is 0 Å². The minimum Gasteiger partial charge on any atom is -0.481 e. The Kier molecular flexibility index (Phi) is 4.86. The maximum Gasteiger partial charge on any atom is 0.320 e. The van der Waals surface area contributed by atoms with Gasteiger partial charge < -0.3 is 19.6 Å². The molecule has 0 aromatic heterocycles. The minimum atomic E-state index is -0.894. The van der Waals surface area contributed by atoms with Gasteiger partial charge in [0.1, 0.15) is 5.92 Å². The first kappa shape index (κ1) is 15.1. The predicted molar refractivity (Wildman–Crippen MR) is 73.5 cm³/mol. The summed E-state index contributed by atoms with van der Waals surface area (Å²) in [6.45, 7) is 3.90. The fourth-order valence-corrected chi connectivity index (χ4v) is 2.85. The zero-order chi connectivity index (χ0) is 14.7. The number of hydrogen-bond acceptors (Lipinski definition) is 3. The highest BCUT2D eigenvalue weighted by atomic mass is 16.5. The standard InChI is InChI=1S/C14H24N2O4/c1-3-16(7-10-5-4-6-10)14(19)15(2)12-9-20-8-11(12)13(17)18/h10-12H,3-9H2,1-2H3,(H,17,18). The number of aliphatic carboxylic acids is 1. The van der Waals surface area contributed by atoms with Crippen molar-refractivity contribution in [2.24, 2.45) is 11.8 Å². The molecule has 1 aliphatic heterocycles. The summed E-state index contributed by atoms with van der Waals surface area (Å²) >= 11 is 0. The normalized spacial score (nSPS) is 26.1. The van der Waals surface area contributed by atoms with Gasteiger partial charge in [0.15, 0.2) is 0 Å². The van der Waals surface area contributed by atoms with Crippen LogP contribution in [0.2, 0.25) is 0 Å². The summed E-state index contributed by atoms with van der Waals surface area (Å²) in [5, 5.41) is 9.17. The molecule has 1 saturated carbocycles. The Morgan fingerprint density at radius 2 is 2.00 bits per heavy atom. The third kappa shape index (κ3) is 3.06. The molecule has 1 aliphatic carbocycles. The van der Waals surface area contributed by atoms with Gasteiger partial charge in [-0.2, -0.15) is 0 Å². The Morgan fingerprint density at radius 1 is 1.30 bits per heavy atom. The van der Waals surface area contributed by atoms with Crippen LogP contribution < -0.4 is 0 Å². The van der Waals surface area contributed by atoms with Crippen LogP contribution in [0.5, 0.6) is 0 Å². The van der Waals surface area contributed by atoms with E-state index in [0.717, 1.165) is 6.54 Å². The third-order valence-corrected chi connectivity index (χ3v) is 4.52. The van der Waals surface area contributed by atoms with Crippen molar-refractivity contribution in [3.05, 3.63) is 0 Å². The van der Waals surface area contributed by atoms with Crippen molar-refractivity contribution >= 4 is 12.0 Å². The predicted octanol–water partition coefficient (Wildman–Crippen LogP) is 1.26. The van der Waals surface area contributed by atoms with Crippen LogP contribution >= 0.6 is 0 Å². The second kappa shape index (κ2) is 6.43. The van der Waals surface area contributed by atoms with Crippen LogP contribution in [0.4, 0.5) is 4.79 Å². The maximum absolute atomic E-state index is 12.5. The van der Waals surface area contributed by atoms with Crippen molar-refractivity contribution in [3.8, 4) is 0 Å². The van der Waals surface area contributed by atoms with E-state index in [1.54, 1.807) is 11.9 Å². The van der Waals surface area contributed by atoms with Crippen LogP contribution in [0.3, 0.4) is 0 Å². The highest BCUT2D eigenvalue weighted by molar-refractivity contribution is 5.77. The van der Waals surface area contributed by atoms with Gasteiger partial charge in [-0.1, -0.05) is 6.42 Å². The lowest BCUT2D eigenvalue weighted by atomic mass is 9.85. The number of amides is 2. The zero-order valence-electron chi connectivity index (χ0n) is 12.2. The molecule has 0 aromatic rings. The van der Waals surface area contributed by atoms with Gasteiger partial charge in [-0.3, -0.25) is 4.79 Å². The molecule has 1 N–H and O–H groups in total. The molecule has 6 nitrogen and oxygen atoms in total. The Morgan fingerprint density at radius 3 is 2.50 bits per heavy atom. The smallest absolute Gasteiger partial charge is 0.320 e. The second-order valence-electron chi connectivity index (χ2n) is 5.78. The van der Waals surface area contributed by atoms with Gasteiger partial charge in [-0.15, -0.1) is 0 Å². The Bertz CT molecular complexity index is 370. The molecule has 2 amide bonds. The number of urea groups is 1. The first-order chi connectivity index (χ1) is 9.54. The molecule has 1 saturated heterocycles. The fourth-order valence-electron chi connectivity index (χ4n) is 2.85. The number of hydrogen-bond donors (Lipinski definition) is 1. The van der Waals surface area contributed by atoms with Gasteiger partial charge in [0.05, 0.1) is 19.3 Å². The number of nitrogens with zero attached hydrogens (tertiary/aromatic N) is 2. The molecule has 2 unspecified atom stereocenters. The van der Waals surface area contributed by atoms with Gasteiger partial charge >= 0.3 is 12.0 Å². The molecular formula is C14H24N2O4. The van der Waals surface area contributed by atoms with Crippen LogP contribution in [-0.2, 0) is 9.53 Å². The first-order valence-corrected chi connectivity index (χ1v) is 7.36. The summed E-state index contributed by atoms with van der Waals surface area (Å²) in [4.78, 5) is 27.1. The molecule has 2 aliphatic rings. The minimum absolute atomic E-state index is 0.0823. The van der Waals surface area contributed by atoms with Crippen LogP contribution in [0.25, 0.3) is 0 Å². The van der Waals surface area contributed by atoms with Crippen molar-refractivity contribution in [3.63, 3.8) is 0 Å². The van der Waals surface area contributed by atoms with Gasteiger partial charge in [0, 0.05) is 20.1 Å². The van der Waals surface area contributed by atoms with Gasteiger partial charge in [-0.05, 0) is 25.7 Å². The molecule has 0 spiro atoms. The SMILES string of the molecule is CCN(CC1CCC1)C(=O)N(C)C1COCC1C(=O)O. The van der Waals surface area contributed by atoms with Crippen molar-refractivity contribution in [2.75, 3.05) is 33.4 Å². The lowest BCUT2D eigenvalue weighted by Crippen LogP contribution is -2.51.